The molecule has 0 saturated heterocycles. The number of hydrogen-bond acceptors (Lipinski definition) is 2. The topological polar surface area (TPSA) is 38.0 Å². The summed E-state index contributed by atoms with van der Waals surface area (Å²) < 4.78 is 2.49. The minimum absolute atomic E-state index is 0.512. The molecule has 0 bridgehead atoms. The first-order chi connectivity index (χ1) is 4.97. The van der Waals surface area contributed by atoms with Gasteiger partial charge in [0.2, 0.25) is 0 Å². The third-order valence-electron chi connectivity index (χ3n) is 1.16. The van der Waals surface area contributed by atoms with Gasteiger partial charge in [0.1, 0.15) is 4.60 Å². The molecule has 0 unspecified atom stereocenters. The van der Waals surface area contributed by atoms with Crippen molar-refractivity contribution in [2.45, 2.75) is 26.0 Å². The molecule has 1 aromatic heterocycles. The standard InChI is InChI=1S/C7H11BrN2O/c1-7(2,11)5-10-4-3-6(8)9-10/h3-4,11H,5H2,1-2H3. The molecule has 0 aliphatic carbocycles. The van der Waals surface area contributed by atoms with Gasteiger partial charge in [0.05, 0.1) is 12.1 Å². The molecule has 0 atom stereocenters. The number of nitrogens with zero attached hydrogens (tertiary/aromatic N) is 2. The van der Waals surface area contributed by atoms with E-state index >= 15 is 0 Å². The molecule has 0 aliphatic rings. The van der Waals surface area contributed by atoms with Crippen LogP contribution in [0.1, 0.15) is 13.8 Å². The fourth-order valence-corrected chi connectivity index (χ4v) is 1.14. The molecule has 1 aromatic rings. The van der Waals surface area contributed by atoms with E-state index in [1.54, 1.807) is 18.5 Å². The van der Waals surface area contributed by atoms with E-state index in [1.165, 1.54) is 0 Å². The van der Waals surface area contributed by atoms with Crippen molar-refractivity contribution in [3.8, 4) is 0 Å². The number of rotatable bonds is 2. The van der Waals surface area contributed by atoms with Crippen LogP contribution in [0.5, 0.6) is 0 Å². The van der Waals surface area contributed by atoms with Crippen molar-refractivity contribution in [3.63, 3.8) is 0 Å². The molecule has 0 radical (unpaired) electrons. The van der Waals surface area contributed by atoms with Crippen LogP contribution in [0.4, 0.5) is 0 Å². The van der Waals surface area contributed by atoms with E-state index in [1.807, 2.05) is 12.3 Å². The Morgan fingerprint density at radius 1 is 1.73 bits per heavy atom. The van der Waals surface area contributed by atoms with Gasteiger partial charge in [-0.25, -0.2) is 0 Å². The molecule has 4 heteroatoms. The molecule has 0 saturated carbocycles. The van der Waals surface area contributed by atoms with Gasteiger partial charge in [-0.3, -0.25) is 4.68 Å². The van der Waals surface area contributed by atoms with Gasteiger partial charge in [-0.15, -0.1) is 0 Å². The summed E-state index contributed by atoms with van der Waals surface area (Å²) in [5, 5.41) is 13.5. The molecule has 1 N–H and O–H groups in total. The summed E-state index contributed by atoms with van der Waals surface area (Å²) in [6, 6.07) is 1.84. The molecule has 0 aromatic carbocycles. The Balaban J connectivity index is 2.65. The van der Waals surface area contributed by atoms with E-state index in [0.717, 1.165) is 4.60 Å². The van der Waals surface area contributed by atoms with Crippen LogP contribution >= 0.6 is 15.9 Å². The van der Waals surface area contributed by atoms with Gasteiger partial charge >= 0.3 is 0 Å². The fourth-order valence-electron chi connectivity index (χ4n) is 0.821. The van der Waals surface area contributed by atoms with Gasteiger partial charge in [-0.2, -0.15) is 5.10 Å². The van der Waals surface area contributed by atoms with Crippen LogP contribution in [-0.4, -0.2) is 20.5 Å². The summed E-state index contributed by atoms with van der Waals surface area (Å²) in [4.78, 5) is 0. The smallest absolute Gasteiger partial charge is 0.128 e. The maximum absolute atomic E-state index is 9.40. The third kappa shape index (κ3) is 3.03. The molecule has 0 aliphatic heterocycles. The lowest BCUT2D eigenvalue weighted by Gasteiger charge is -2.16. The highest BCUT2D eigenvalue weighted by Crippen LogP contribution is 2.08. The summed E-state index contributed by atoms with van der Waals surface area (Å²) in [6.07, 6.45) is 1.82. The van der Waals surface area contributed by atoms with Crippen LogP contribution in [0, 0.1) is 0 Å². The van der Waals surface area contributed by atoms with Crippen LogP contribution in [-0.2, 0) is 6.54 Å². The highest BCUT2D eigenvalue weighted by Gasteiger charge is 2.13. The van der Waals surface area contributed by atoms with E-state index < -0.39 is 5.60 Å². The first-order valence-corrected chi connectivity index (χ1v) is 4.18. The summed E-state index contributed by atoms with van der Waals surface area (Å²) in [7, 11) is 0. The molecule has 0 spiro atoms. The third-order valence-corrected chi connectivity index (χ3v) is 1.58. The predicted octanol–water partition coefficient (Wildman–Crippen LogP) is 1.42. The monoisotopic (exact) mass is 218 g/mol. The Morgan fingerprint density at radius 3 is 2.73 bits per heavy atom. The highest BCUT2D eigenvalue weighted by molar-refractivity contribution is 9.10. The summed E-state index contributed by atoms with van der Waals surface area (Å²) >= 11 is 3.23. The largest absolute Gasteiger partial charge is 0.389 e. The van der Waals surface area contributed by atoms with E-state index in [4.69, 9.17) is 0 Å². The Bertz CT molecular complexity index is 239. The van der Waals surface area contributed by atoms with Crippen molar-refractivity contribution < 1.29 is 5.11 Å². The first-order valence-electron chi connectivity index (χ1n) is 3.39. The first kappa shape index (κ1) is 8.74. The second-order valence-corrected chi connectivity index (χ2v) is 3.96. The Hall–Kier alpha value is -0.350. The molecule has 1 heterocycles. The van der Waals surface area contributed by atoms with Crippen LogP contribution in [0.25, 0.3) is 0 Å². The fraction of sp³-hybridized carbons (Fsp3) is 0.571. The van der Waals surface area contributed by atoms with E-state index in [0.29, 0.717) is 6.54 Å². The summed E-state index contributed by atoms with van der Waals surface area (Å²) in [5.41, 5.74) is -0.703. The van der Waals surface area contributed by atoms with Crippen molar-refractivity contribution in [1.29, 1.82) is 0 Å². The van der Waals surface area contributed by atoms with E-state index in [2.05, 4.69) is 21.0 Å². The molecule has 0 fully saturated rings. The SMILES string of the molecule is CC(C)(O)Cn1ccc(Br)n1. The minimum atomic E-state index is -0.703. The second-order valence-electron chi connectivity index (χ2n) is 3.15. The van der Waals surface area contributed by atoms with Gasteiger partial charge < -0.3 is 5.11 Å². The molecule has 11 heavy (non-hydrogen) atoms. The minimum Gasteiger partial charge on any atom is -0.389 e. The van der Waals surface area contributed by atoms with Crippen LogP contribution in [0.15, 0.2) is 16.9 Å². The average Bonchev–Trinajstić information content (AvgIpc) is 2.10. The zero-order valence-corrected chi connectivity index (χ0v) is 8.17. The highest BCUT2D eigenvalue weighted by atomic mass is 79.9. The number of hydrogen-bond donors (Lipinski definition) is 1. The molecular weight excluding hydrogens is 208 g/mol. The summed E-state index contributed by atoms with van der Waals surface area (Å²) in [5.74, 6) is 0. The van der Waals surface area contributed by atoms with Gasteiger partial charge in [0, 0.05) is 6.20 Å². The molecule has 0 amide bonds. The predicted molar refractivity (Wildman–Crippen MR) is 46.2 cm³/mol. The number of aromatic nitrogens is 2. The molecule has 1 rings (SSSR count). The zero-order valence-electron chi connectivity index (χ0n) is 6.58. The van der Waals surface area contributed by atoms with Crippen molar-refractivity contribution in [1.82, 2.24) is 9.78 Å². The van der Waals surface area contributed by atoms with Crippen LogP contribution in [0.3, 0.4) is 0 Å². The molecule has 62 valence electrons. The summed E-state index contributed by atoms with van der Waals surface area (Å²) in [6.45, 7) is 4.02. The van der Waals surface area contributed by atoms with Crippen molar-refractivity contribution in [2.24, 2.45) is 0 Å². The molecular formula is C7H11BrN2O. The lowest BCUT2D eigenvalue weighted by Crippen LogP contribution is -2.26. The Labute approximate surface area is 74.2 Å². The van der Waals surface area contributed by atoms with Gasteiger partial charge in [-0.05, 0) is 35.8 Å². The number of halogens is 1. The van der Waals surface area contributed by atoms with Crippen LogP contribution in [0.2, 0.25) is 0 Å². The number of aliphatic hydroxyl groups is 1. The van der Waals surface area contributed by atoms with Crippen LogP contribution < -0.4 is 0 Å². The lowest BCUT2D eigenvalue weighted by atomic mass is 10.1. The van der Waals surface area contributed by atoms with E-state index in [-0.39, 0.29) is 0 Å². The maximum Gasteiger partial charge on any atom is 0.128 e. The average molecular weight is 219 g/mol. The van der Waals surface area contributed by atoms with Crippen molar-refractivity contribution in [3.05, 3.63) is 16.9 Å². The normalized spacial score (nSPS) is 12.0. The second kappa shape index (κ2) is 2.95. The quantitative estimate of drug-likeness (QED) is 0.816. The van der Waals surface area contributed by atoms with Gasteiger partial charge in [0.25, 0.3) is 0 Å². The van der Waals surface area contributed by atoms with Crippen molar-refractivity contribution in [2.75, 3.05) is 0 Å². The van der Waals surface area contributed by atoms with E-state index in [9.17, 15) is 5.11 Å². The molecule has 3 nitrogen and oxygen atoms in total. The Kier molecular flexibility index (Phi) is 2.34. The maximum atomic E-state index is 9.40. The lowest BCUT2D eigenvalue weighted by molar-refractivity contribution is 0.0576. The van der Waals surface area contributed by atoms with Crippen molar-refractivity contribution >= 4 is 15.9 Å². The zero-order chi connectivity index (χ0) is 8.48. The van der Waals surface area contributed by atoms with Gasteiger partial charge in [-0.1, -0.05) is 0 Å². The van der Waals surface area contributed by atoms with Gasteiger partial charge in [0.15, 0.2) is 0 Å². The Morgan fingerprint density at radius 2 is 2.36 bits per heavy atom.